The molecule has 0 amide bonds. The molecule has 3 heterocycles. The number of likely N-dealkylation sites (tertiary alicyclic amines) is 1. The van der Waals surface area contributed by atoms with Crippen molar-refractivity contribution in [3.8, 4) is 0 Å². The van der Waals surface area contributed by atoms with Crippen LogP contribution in [0, 0.1) is 0 Å². The van der Waals surface area contributed by atoms with Crippen LogP contribution in [-0.4, -0.2) is 40.6 Å². The molecule has 0 bridgehead atoms. The Bertz CT molecular complexity index is 395. The highest BCUT2D eigenvalue weighted by Crippen LogP contribution is 2.24. The third kappa shape index (κ3) is 3.00. The van der Waals surface area contributed by atoms with Crippen LogP contribution in [0.25, 0.3) is 0 Å². The molecular formula is C15H26N4. The Morgan fingerprint density at radius 3 is 2.95 bits per heavy atom. The second-order valence-electron chi connectivity index (χ2n) is 6.10. The van der Waals surface area contributed by atoms with Crippen molar-refractivity contribution in [2.45, 2.75) is 57.2 Å². The van der Waals surface area contributed by atoms with Gasteiger partial charge in [-0.15, -0.1) is 0 Å². The quantitative estimate of drug-likeness (QED) is 0.906. The Balaban J connectivity index is 1.68. The Morgan fingerprint density at radius 2 is 2.16 bits per heavy atom. The second kappa shape index (κ2) is 6.06. The highest BCUT2D eigenvalue weighted by Gasteiger charge is 2.23. The monoisotopic (exact) mass is 262 g/mol. The molecule has 1 aromatic rings. The lowest BCUT2D eigenvalue weighted by Crippen LogP contribution is -2.39. The van der Waals surface area contributed by atoms with Gasteiger partial charge >= 0.3 is 0 Å². The van der Waals surface area contributed by atoms with Gasteiger partial charge in [0.25, 0.3) is 0 Å². The predicted octanol–water partition coefficient (Wildman–Crippen LogP) is 2.18. The van der Waals surface area contributed by atoms with Crippen molar-refractivity contribution < 1.29 is 0 Å². The van der Waals surface area contributed by atoms with Gasteiger partial charge in [0.15, 0.2) is 0 Å². The Morgan fingerprint density at radius 1 is 1.26 bits per heavy atom. The van der Waals surface area contributed by atoms with E-state index in [1.165, 1.54) is 50.8 Å². The lowest BCUT2D eigenvalue weighted by atomic mass is 10.0. The maximum Gasteiger partial charge on any atom is 0.0949 e. The number of hydrogen-bond acceptors (Lipinski definition) is 3. The standard InChI is InChI=1S/C15H26N4/c1-18-9-5-3-6-13(18)11-19-12-16-10-15(19)14-7-2-4-8-17-14/h10,12-14,17H,2-9,11H2,1H3. The molecule has 2 unspecified atom stereocenters. The number of piperidine rings is 2. The molecule has 1 N–H and O–H groups in total. The van der Waals surface area contributed by atoms with Gasteiger partial charge in [-0.25, -0.2) is 4.98 Å². The fraction of sp³-hybridized carbons (Fsp3) is 0.800. The number of nitrogens with one attached hydrogen (secondary N) is 1. The highest BCUT2D eigenvalue weighted by atomic mass is 15.2. The van der Waals surface area contributed by atoms with Crippen LogP contribution >= 0.6 is 0 Å². The Kier molecular flexibility index (Phi) is 4.18. The summed E-state index contributed by atoms with van der Waals surface area (Å²) < 4.78 is 2.38. The maximum atomic E-state index is 4.39. The minimum Gasteiger partial charge on any atom is -0.332 e. The number of aromatic nitrogens is 2. The lowest BCUT2D eigenvalue weighted by Gasteiger charge is -2.33. The third-order valence-electron chi connectivity index (χ3n) is 4.74. The average Bonchev–Trinajstić information content (AvgIpc) is 2.91. The molecule has 106 valence electrons. The Hall–Kier alpha value is -0.870. The summed E-state index contributed by atoms with van der Waals surface area (Å²) in [6, 6.07) is 1.20. The summed E-state index contributed by atoms with van der Waals surface area (Å²) >= 11 is 0. The number of imidazole rings is 1. The molecule has 3 rings (SSSR count). The van der Waals surface area contributed by atoms with Crippen LogP contribution in [0.15, 0.2) is 12.5 Å². The normalized spacial score (nSPS) is 29.5. The molecule has 2 aliphatic rings. The van der Waals surface area contributed by atoms with Crippen LogP contribution in [0.5, 0.6) is 0 Å². The second-order valence-corrected chi connectivity index (χ2v) is 6.10. The van der Waals surface area contributed by atoms with Gasteiger partial charge in [-0.2, -0.15) is 0 Å². The summed E-state index contributed by atoms with van der Waals surface area (Å²) in [7, 11) is 2.26. The van der Waals surface area contributed by atoms with Crippen LogP contribution in [0.2, 0.25) is 0 Å². The smallest absolute Gasteiger partial charge is 0.0949 e. The van der Waals surface area contributed by atoms with E-state index in [-0.39, 0.29) is 0 Å². The SMILES string of the molecule is CN1CCCCC1Cn1cncc1C1CCCCN1. The van der Waals surface area contributed by atoms with E-state index >= 15 is 0 Å². The summed E-state index contributed by atoms with van der Waals surface area (Å²) in [5, 5.41) is 3.64. The van der Waals surface area contributed by atoms with Crippen molar-refractivity contribution in [1.82, 2.24) is 19.8 Å². The lowest BCUT2D eigenvalue weighted by molar-refractivity contribution is 0.165. The van der Waals surface area contributed by atoms with E-state index in [1.54, 1.807) is 0 Å². The predicted molar refractivity (Wildman–Crippen MR) is 77.1 cm³/mol. The fourth-order valence-corrected chi connectivity index (χ4v) is 3.48. The van der Waals surface area contributed by atoms with E-state index in [0.29, 0.717) is 12.1 Å². The molecule has 2 atom stereocenters. The van der Waals surface area contributed by atoms with Crippen LogP contribution in [0.3, 0.4) is 0 Å². The highest BCUT2D eigenvalue weighted by molar-refractivity contribution is 5.07. The molecule has 19 heavy (non-hydrogen) atoms. The van der Waals surface area contributed by atoms with Crippen LogP contribution in [0.4, 0.5) is 0 Å². The van der Waals surface area contributed by atoms with Crippen molar-refractivity contribution in [2.24, 2.45) is 0 Å². The van der Waals surface area contributed by atoms with Crippen LogP contribution in [-0.2, 0) is 6.54 Å². The molecule has 1 aromatic heterocycles. The van der Waals surface area contributed by atoms with E-state index in [0.717, 1.165) is 13.1 Å². The van der Waals surface area contributed by atoms with Crippen LogP contribution in [0.1, 0.15) is 50.3 Å². The topological polar surface area (TPSA) is 33.1 Å². The summed E-state index contributed by atoms with van der Waals surface area (Å²) in [5.74, 6) is 0. The molecule has 0 radical (unpaired) electrons. The zero-order valence-corrected chi connectivity index (χ0v) is 12.0. The van der Waals surface area contributed by atoms with E-state index < -0.39 is 0 Å². The van der Waals surface area contributed by atoms with Gasteiger partial charge in [-0.3, -0.25) is 0 Å². The van der Waals surface area contributed by atoms with E-state index in [1.807, 2.05) is 6.33 Å². The van der Waals surface area contributed by atoms with Crippen molar-refractivity contribution in [3.63, 3.8) is 0 Å². The first-order chi connectivity index (χ1) is 9.34. The number of nitrogens with zero attached hydrogens (tertiary/aromatic N) is 3. The van der Waals surface area contributed by atoms with Gasteiger partial charge < -0.3 is 14.8 Å². The summed E-state index contributed by atoms with van der Waals surface area (Å²) in [6.07, 6.45) is 12.1. The van der Waals surface area contributed by atoms with Crippen LogP contribution < -0.4 is 5.32 Å². The zero-order chi connectivity index (χ0) is 13.1. The minimum atomic E-state index is 0.519. The third-order valence-corrected chi connectivity index (χ3v) is 4.74. The first-order valence-corrected chi connectivity index (χ1v) is 7.78. The summed E-state index contributed by atoms with van der Waals surface area (Å²) in [5.41, 5.74) is 1.39. The molecule has 2 saturated heterocycles. The molecule has 0 spiro atoms. The first-order valence-electron chi connectivity index (χ1n) is 7.78. The van der Waals surface area contributed by atoms with E-state index in [9.17, 15) is 0 Å². The molecular weight excluding hydrogens is 236 g/mol. The minimum absolute atomic E-state index is 0.519. The molecule has 0 saturated carbocycles. The molecule has 2 aliphatic heterocycles. The number of hydrogen-bond donors (Lipinski definition) is 1. The maximum absolute atomic E-state index is 4.39. The van der Waals surface area contributed by atoms with E-state index in [2.05, 4.69) is 33.0 Å². The van der Waals surface area contributed by atoms with Crippen molar-refractivity contribution >= 4 is 0 Å². The summed E-state index contributed by atoms with van der Waals surface area (Å²) in [6.45, 7) is 3.50. The summed E-state index contributed by atoms with van der Waals surface area (Å²) in [4.78, 5) is 6.91. The largest absolute Gasteiger partial charge is 0.332 e. The number of rotatable bonds is 3. The Labute approximate surface area is 116 Å². The van der Waals surface area contributed by atoms with E-state index in [4.69, 9.17) is 0 Å². The molecule has 2 fully saturated rings. The van der Waals surface area contributed by atoms with Gasteiger partial charge in [-0.05, 0) is 45.8 Å². The van der Waals surface area contributed by atoms with Gasteiger partial charge in [0, 0.05) is 24.8 Å². The van der Waals surface area contributed by atoms with Gasteiger partial charge in [0.05, 0.1) is 12.0 Å². The average molecular weight is 262 g/mol. The van der Waals surface area contributed by atoms with Gasteiger partial charge in [0.1, 0.15) is 0 Å². The van der Waals surface area contributed by atoms with Gasteiger partial charge in [0.2, 0.25) is 0 Å². The van der Waals surface area contributed by atoms with Crippen molar-refractivity contribution in [3.05, 3.63) is 18.2 Å². The molecule has 0 aromatic carbocycles. The van der Waals surface area contributed by atoms with Crippen molar-refractivity contribution in [1.29, 1.82) is 0 Å². The fourth-order valence-electron chi connectivity index (χ4n) is 3.48. The molecule has 0 aliphatic carbocycles. The molecule has 4 heteroatoms. The zero-order valence-electron chi connectivity index (χ0n) is 12.0. The number of likely N-dealkylation sites (N-methyl/N-ethyl adjacent to an activating group) is 1. The van der Waals surface area contributed by atoms with Crippen molar-refractivity contribution in [2.75, 3.05) is 20.1 Å². The molecule has 4 nitrogen and oxygen atoms in total. The first kappa shape index (κ1) is 13.1. The van der Waals surface area contributed by atoms with Gasteiger partial charge in [-0.1, -0.05) is 12.8 Å².